The minimum Gasteiger partial charge on any atom is -0.335 e. The van der Waals surface area contributed by atoms with Gasteiger partial charge in [-0.25, -0.2) is 9.78 Å². The maximum absolute atomic E-state index is 12.3. The number of nitrogens with one attached hydrogen (secondary N) is 1. The molecule has 0 aliphatic heterocycles. The average Bonchev–Trinajstić information content (AvgIpc) is 3.07. The molecule has 5 nitrogen and oxygen atoms in total. The van der Waals surface area contributed by atoms with Crippen molar-refractivity contribution in [2.75, 3.05) is 13.3 Å². The van der Waals surface area contributed by atoms with E-state index < -0.39 is 0 Å². The van der Waals surface area contributed by atoms with E-state index >= 15 is 0 Å². The van der Waals surface area contributed by atoms with Crippen molar-refractivity contribution in [3.63, 3.8) is 0 Å². The van der Waals surface area contributed by atoms with Gasteiger partial charge >= 0.3 is 6.03 Å². The zero-order valence-electron chi connectivity index (χ0n) is 12.5. The van der Waals surface area contributed by atoms with Gasteiger partial charge in [-0.05, 0) is 26.0 Å². The number of hydrogen-bond acceptors (Lipinski definition) is 3. The number of thioether (sulfide) groups is 1. The fourth-order valence-corrected chi connectivity index (χ4v) is 3.88. The summed E-state index contributed by atoms with van der Waals surface area (Å²) in [5.41, 5.74) is 0. The predicted molar refractivity (Wildman–Crippen MR) is 82.9 cm³/mol. The first-order valence-corrected chi connectivity index (χ1v) is 8.42. The lowest BCUT2D eigenvalue weighted by atomic mass is 10.2. The maximum atomic E-state index is 12.3. The second kappa shape index (κ2) is 7.02. The molecular formula is C14H24N4OS. The Morgan fingerprint density at radius 3 is 3.05 bits per heavy atom. The highest BCUT2D eigenvalue weighted by atomic mass is 32.2. The Bertz CT molecular complexity index is 423. The van der Waals surface area contributed by atoms with Crippen molar-refractivity contribution in [2.45, 2.75) is 50.1 Å². The number of imidazole rings is 1. The Balaban J connectivity index is 1.84. The van der Waals surface area contributed by atoms with Crippen molar-refractivity contribution in [3.8, 4) is 0 Å². The summed E-state index contributed by atoms with van der Waals surface area (Å²) in [4.78, 5) is 18.2. The summed E-state index contributed by atoms with van der Waals surface area (Å²) in [5.74, 6) is 0. The molecule has 1 N–H and O–H groups in total. The number of aromatic nitrogens is 2. The van der Waals surface area contributed by atoms with E-state index in [0.29, 0.717) is 11.3 Å². The monoisotopic (exact) mass is 296 g/mol. The van der Waals surface area contributed by atoms with Gasteiger partial charge in [0.1, 0.15) is 0 Å². The SMILES string of the molecule is CS[C@@H]1CCC[C@H]1N(C)C(=O)N[C@@H](C)Cn1ccnc1. The third-order valence-electron chi connectivity index (χ3n) is 3.95. The Morgan fingerprint density at radius 2 is 2.40 bits per heavy atom. The summed E-state index contributed by atoms with van der Waals surface area (Å²) in [6, 6.07) is 0.488. The number of rotatable bonds is 5. The van der Waals surface area contributed by atoms with Crippen molar-refractivity contribution < 1.29 is 4.79 Å². The summed E-state index contributed by atoms with van der Waals surface area (Å²) >= 11 is 1.87. The van der Waals surface area contributed by atoms with E-state index in [1.54, 1.807) is 12.5 Å². The predicted octanol–water partition coefficient (Wildman–Crippen LogP) is 2.20. The molecule has 2 rings (SSSR count). The molecule has 112 valence electrons. The van der Waals surface area contributed by atoms with Crippen molar-refractivity contribution in [1.29, 1.82) is 0 Å². The summed E-state index contributed by atoms with van der Waals surface area (Å²) in [6.07, 6.45) is 11.1. The van der Waals surface area contributed by atoms with Crippen LogP contribution in [0.25, 0.3) is 0 Å². The zero-order chi connectivity index (χ0) is 14.5. The van der Waals surface area contributed by atoms with Gasteiger partial charge in [-0.2, -0.15) is 11.8 Å². The Morgan fingerprint density at radius 1 is 1.60 bits per heavy atom. The Kier molecular flexibility index (Phi) is 5.34. The molecule has 1 fully saturated rings. The van der Waals surface area contributed by atoms with Crippen LogP contribution < -0.4 is 5.32 Å². The molecule has 1 heterocycles. The van der Waals surface area contributed by atoms with Gasteiger partial charge in [0.05, 0.1) is 6.33 Å². The average molecular weight is 296 g/mol. The molecule has 20 heavy (non-hydrogen) atoms. The first-order chi connectivity index (χ1) is 9.61. The highest BCUT2D eigenvalue weighted by Gasteiger charge is 2.32. The van der Waals surface area contributed by atoms with Crippen molar-refractivity contribution >= 4 is 17.8 Å². The van der Waals surface area contributed by atoms with Gasteiger partial charge in [-0.3, -0.25) is 0 Å². The van der Waals surface area contributed by atoms with E-state index in [1.807, 2.05) is 41.4 Å². The maximum Gasteiger partial charge on any atom is 0.317 e. The summed E-state index contributed by atoms with van der Waals surface area (Å²) in [5, 5.41) is 3.65. The van der Waals surface area contributed by atoms with Crippen LogP contribution >= 0.6 is 11.8 Å². The first-order valence-electron chi connectivity index (χ1n) is 7.13. The molecule has 0 radical (unpaired) electrons. The fraction of sp³-hybridized carbons (Fsp3) is 0.714. The van der Waals surface area contributed by atoms with E-state index in [9.17, 15) is 4.79 Å². The van der Waals surface area contributed by atoms with Gasteiger partial charge < -0.3 is 14.8 Å². The highest BCUT2D eigenvalue weighted by Crippen LogP contribution is 2.31. The number of urea groups is 1. The molecule has 0 saturated heterocycles. The quantitative estimate of drug-likeness (QED) is 0.906. The molecule has 1 aliphatic carbocycles. The van der Waals surface area contributed by atoms with Gasteiger partial charge in [0.25, 0.3) is 0 Å². The number of hydrogen-bond donors (Lipinski definition) is 1. The van der Waals surface area contributed by atoms with Gasteiger partial charge in [-0.15, -0.1) is 0 Å². The van der Waals surface area contributed by atoms with E-state index in [-0.39, 0.29) is 12.1 Å². The molecule has 1 aliphatic rings. The van der Waals surface area contributed by atoms with Crippen molar-refractivity contribution in [3.05, 3.63) is 18.7 Å². The van der Waals surface area contributed by atoms with Crippen molar-refractivity contribution in [2.24, 2.45) is 0 Å². The van der Waals surface area contributed by atoms with Gasteiger partial charge in [0.15, 0.2) is 0 Å². The third kappa shape index (κ3) is 3.69. The smallest absolute Gasteiger partial charge is 0.317 e. The second-order valence-corrected chi connectivity index (χ2v) is 6.57. The zero-order valence-corrected chi connectivity index (χ0v) is 13.3. The highest BCUT2D eigenvalue weighted by molar-refractivity contribution is 7.99. The Hall–Kier alpha value is -1.17. The lowest BCUT2D eigenvalue weighted by Gasteiger charge is -2.30. The molecule has 6 heteroatoms. The standard InChI is InChI=1S/C14H24N4OS/c1-11(9-18-8-7-15-10-18)16-14(19)17(2)12-5-4-6-13(12)20-3/h7-8,10-13H,4-6,9H2,1-3H3,(H,16,19)/t11-,12+,13+/m0/s1. The molecule has 1 aromatic heterocycles. The second-order valence-electron chi connectivity index (χ2n) is 5.49. The molecule has 1 aromatic rings. The fourth-order valence-electron chi connectivity index (χ4n) is 2.84. The van der Waals surface area contributed by atoms with Crippen LogP contribution in [0, 0.1) is 0 Å². The molecule has 0 unspecified atom stereocenters. The topological polar surface area (TPSA) is 50.2 Å². The van der Waals surface area contributed by atoms with E-state index in [2.05, 4.69) is 16.6 Å². The van der Waals surface area contributed by atoms with Gasteiger partial charge in [-0.1, -0.05) is 6.42 Å². The summed E-state index contributed by atoms with van der Waals surface area (Å²) in [6.45, 7) is 2.77. The lowest BCUT2D eigenvalue weighted by molar-refractivity contribution is 0.187. The molecule has 3 atom stereocenters. The molecule has 1 saturated carbocycles. The minimum absolute atomic E-state index is 0.0311. The molecule has 0 aromatic carbocycles. The van der Waals surface area contributed by atoms with E-state index in [1.165, 1.54) is 12.8 Å². The lowest BCUT2D eigenvalue weighted by Crippen LogP contribution is -2.49. The van der Waals surface area contributed by atoms with Crippen LogP contribution in [0.5, 0.6) is 0 Å². The van der Waals surface area contributed by atoms with Crippen LogP contribution in [0.3, 0.4) is 0 Å². The van der Waals surface area contributed by atoms with Crippen molar-refractivity contribution in [1.82, 2.24) is 19.8 Å². The first kappa shape index (κ1) is 15.2. The van der Waals surface area contributed by atoms with Crippen LogP contribution in [0.15, 0.2) is 18.7 Å². The largest absolute Gasteiger partial charge is 0.335 e. The van der Waals surface area contributed by atoms with E-state index in [0.717, 1.165) is 13.0 Å². The van der Waals surface area contributed by atoms with Gasteiger partial charge in [0.2, 0.25) is 0 Å². The number of nitrogens with zero attached hydrogens (tertiary/aromatic N) is 3. The van der Waals surface area contributed by atoms with Crippen LogP contribution in [-0.2, 0) is 6.54 Å². The van der Waals surface area contributed by atoms with Crippen LogP contribution in [-0.4, -0.2) is 51.1 Å². The van der Waals surface area contributed by atoms with Gasteiger partial charge in [0, 0.05) is 43.3 Å². The molecule has 0 spiro atoms. The Labute approximate surface area is 125 Å². The molecule has 2 amide bonds. The molecular weight excluding hydrogens is 272 g/mol. The van der Waals surface area contributed by atoms with E-state index in [4.69, 9.17) is 0 Å². The summed E-state index contributed by atoms with van der Waals surface area (Å²) in [7, 11) is 1.92. The van der Waals surface area contributed by atoms with Crippen LogP contribution in [0.1, 0.15) is 26.2 Å². The number of amides is 2. The van der Waals surface area contributed by atoms with Crippen LogP contribution in [0.4, 0.5) is 4.79 Å². The summed E-state index contributed by atoms with van der Waals surface area (Å²) < 4.78 is 1.98. The van der Waals surface area contributed by atoms with Crippen LogP contribution in [0.2, 0.25) is 0 Å². The third-order valence-corrected chi connectivity index (χ3v) is 5.11. The normalized spacial score (nSPS) is 23.6. The minimum atomic E-state index is 0.0311. The number of carbonyl (C=O) groups excluding carboxylic acids is 1. The number of carbonyl (C=O) groups is 1. The molecule has 0 bridgehead atoms.